The molecule has 0 saturated carbocycles. The van der Waals surface area contributed by atoms with Gasteiger partial charge in [-0.15, -0.1) is 0 Å². The van der Waals surface area contributed by atoms with Crippen LogP contribution in [-0.2, 0) is 27.6 Å². The van der Waals surface area contributed by atoms with Crippen molar-refractivity contribution in [3.8, 4) is 0 Å². The first kappa shape index (κ1) is 17.4. The molecule has 0 unspecified atom stereocenters. The zero-order valence-corrected chi connectivity index (χ0v) is 15.8. The SMILES string of the molecule is CCc1ccc(S(=O)(=O)N2CCc3cc(N4CCOCC4)ccc32)cc1. The number of rotatable bonds is 4. The molecule has 0 aromatic heterocycles. The highest BCUT2D eigenvalue weighted by Crippen LogP contribution is 2.35. The minimum absolute atomic E-state index is 0.361. The lowest BCUT2D eigenvalue weighted by Crippen LogP contribution is -2.36. The van der Waals surface area contributed by atoms with Crippen molar-refractivity contribution >= 4 is 21.4 Å². The van der Waals surface area contributed by atoms with Crippen molar-refractivity contribution in [1.82, 2.24) is 0 Å². The summed E-state index contributed by atoms with van der Waals surface area (Å²) in [4.78, 5) is 2.66. The molecule has 0 aliphatic carbocycles. The molecule has 0 amide bonds. The Morgan fingerprint density at radius 1 is 1.00 bits per heavy atom. The normalized spacial score (nSPS) is 17.4. The summed E-state index contributed by atoms with van der Waals surface area (Å²) in [5.74, 6) is 0. The van der Waals surface area contributed by atoms with E-state index >= 15 is 0 Å². The number of anilines is 2. The lowest BCUT2D eigenvalue weighted by Gasteiger charge is -2.29. The Morgan fingerprint density at radius 2 is 1.73 bits per heavy atom. The van der Waals surface area contributed by atoms with Gasteiger partial charge in [-0.25, -0.2) is 8.42 Å². The molecule has 6 heteroatoms. The van der Waals surface area contributed by atoms with Crippen molar-refractivity contribution in [2.45, 2.75) is 24.7 Å². The molecule has 1 fully saturated rings. The summed E-state index contributed by atoms with van der Waals surface area (Å²) in [7, 11) is -3.52. The second-order valence-electron chi connectivity index (χ2n) is 6.74. The first-order valence-electron chi connectivity index (χ1n) is 9.17. The van der Waals surface area contributed by atoms with E-state index in [0.717, 1.165) is 61.6 Å². The van der Waals surface area contributed by atoms with Gasteiger partial charge in [-0.2, -0.15) is 0 Å². The van der Waals surface area contributed by atoms with Crippen molar-refractivity contribution < 1.29 is 13.2 Å². The molecule has 0 atom stereocenters. The molecule has 4 rings (SSSR count). The number of ether oxygens (including phenoxy) is 1. The summed E-state index contributed by atoms with van der Waals surface area (Å²) in [6.07, 6.45) is 1.65. The van der Waals surface area contributed by atoms with E-state index in [1.165, 1.54) is 0 Å². The maximum atomic E-state index is 13.1. The van der Waals surface area contributed by atoms with Crippen LogP contribution < -0.4 is 9.21 Å². The quantitative estimate of drug-likeness (QED) is 0.828. The molecule has 0 radical (unpaired) electrons. The number of morpholine rings is 1. The molecule has 2 aromatic rings. The number of sulfonamides is 1. The van der Waals surface area contributed by atoms with Crippen LogP contribution in [0.15, 0.2) is 47.4 Å². The van der Waals surface area contributed by atoms with E-state index in [0.29, 0.717) is 11.4 Å². The van der Waals surface area contributed by atoms with Gasteiger partial charge in [0.25, 0.3) is 10.0 Å². The fourth-order valence-corrected chi connectivity index (χ4v) is 5.15. The molecule has 2 aliphatic heterocycles. The van der Waals surface area contributed by atoms with E-state index < -0.39 is 10.0 Å². The summed E-state index contributed by atoms with van der Waals surface area (Å²) < 4.78 is 33.1. The predicted molar refractivity (Wildman–Crippen MR) is 104 cm³/mol. The number of aryl methyl sites for hydroxylation is 1. The van der Waals surface area contributed by atoms with Crippen molar-refractivity contribution in [2.75, 3.05) is 42.1 Å². The zero-order chi connectivity index (χ0) is 18.1. The van der Waals surface area contributed by atoms with E-state index in [4.69, 9.17) is 4.74 Å². The van der Waals surface area contributed by atoms with Crippen LogP contribution in [0.4, 0.5) is 11.4 Å². The molecule has 1 saturated heterocycles. The Labute approximate surface area is 155 Å². The second kappa shape index (κ2) is 6.93. The highest BCUT2D eigenvalue weighted by molar-refractivity contribution is 7.92. The summed E-state index contributed by atoms with van der Waals surface area (Å²) in [6, 6.07) is 13.3. The van der Waals surface area contributed by atoms with E-state index in [2.05, 4.69) is 17.9 Å². The minimum Gasteiger partial charge on any atom is -0.378 e. The maximum Gasteiger partial charge on any atom is 0.264 e. The lowest BCUT2D eigenvalue weighted by atomic mass is 10.1. The fourth-order valence-electron chi connectivity index (χ4n) is 3.65. The van der Waals surface area contributed by atoms with Gasteiger partial charge in [0.1, 0.15) is 0 Å². The molecule has 0 N–H and O–H groups in total. The van der Waals surface area contributed by atoms with Crippen molar-refractivity contribution in [3.63, 3.8) is 0 Å². The maximum absolute atomic E-state index is 13.1. The number of fused-ring (bicyclic) bond motifs is 1. The number of nitrogens with zero attached hydrogens (tertiary/aromatic N) is 2. The molecule has 2 aromatic carbocycles. The van der Waals surface area contributed by atoms with Crippen molar-refractivity contribution in [3.05, 3.63) is 53.6 Å². The number of hydrogen-bond donors (Lipinski definition) is 0. The molecular weight excluding hydrogens is 348 g/mol. The lowest BCUT2D eigenvalue weighted by molar-refractivity contribution is 0.122. The molecule has 26 heavy (non-hydrogen) atoms. The average Bonchev–Trinajstić information content (AvgIpc) is 3.13. The van der Waals surface area contributed by atoms with Gasteiger partial charge in [0.15, 0.2) is 0 Å². The van der Waals surface area contributed by atoms with Crippen LogP contribution in [0.5, 0.6) is 0 Å². The van der Waals surface area contributed by atoms with Crippen LogP contribution in [0.25, 0.3) is 0 Å². The summed E-state index contributed by atoms with van der Waals surface area (Å²) in [6.45, 7) is 5.80. The molecular formula is C20H24N2O3S. The zero-order valence-electron chi connectivity index (χ0n) is 15.0. The first-order chi connectivity index (χ1) is 12.6. The van der Waals surface area contributed by atoms with Gasteiger partial charge < -0.3 is 9.64 Å². The Morgan fingerprint density at radius 3 is 2.42 bits per heavy atom. The van der Waals surface area contributed by atoms with Crippen LogP contribution in [-0.4, -0.2) is 41.3 Å². The highest BCUT2D eigenvalue weighted by Gasteiger charge is 2.31. The van der Waals surface area contributed by atoms with Gasteiger partial charge in [0.05, 0.1) is 23.8 Å². The minimum atomic E-state index is -3.52. The van der Waals surface area contributed by atoms with Gasteiger partial charge in [0, 0.05) is 25.3 Å². The summed E-state index contributed by atoms with van der Waals surface area (Å²) in [5, 5.41) is 0. The van der Waals surface area contributed by atoms with Crippen LogP contribution in [0.2, 0.25) is 0 Å². The average molecular weight is 372 g/mol. The first-order valence-corrected chi connectivity index (χ1v) is 10.6. The summed E-state index contributed by atoms with van der Waals surface area (Å²) >= 11 is 0. The van der Waals surface area contributed by atoms with Gasteiger partial charge in [-0.05, 0) is 54.3 Å². The third-order valence-corrected chi connectivity index (χ3v) is 7.04. The van der Waals surface area contributed by atoms with Crippen molar-refractivity contribution in [1.29, 1.82) is 0 Å². The van der Waals surface area contributed by atoms with E-state index in [1.807, 2.05) is 24.3 Å². The topological polar surface area (TPSA) is 49.9 Å². The molecule has 2 heterocycles. The van der Waals surface area contributed by atoms with E-state index in [1.54, 1.807) is 16.4 Å². The van der Waals surface area contributed by atoms with Crippen molar-refractivity contribution in [2.24, 2.45) is 0 Å². The van der Waals surface area contributed by atoms with Gasteiger partial charge >= 0.3 is 0 Å². The summed E-state index contributed by atoms with van der Waals surface area (Å²) in [5.41, 5.74) is 4.20. The molecule has 2 aliphatic rings. The predicted octanol–water partition coefficient (Wildman–Crippen LogP) is 2.84. The van der Waals surface area contributed by atoms with Crippen LogP contribution in [0.1, 0.15) is 18.1 Å². The largest absolute Gasteiger partial charge is 0.378 e. The van der Waals surface area contributed by atoms with Crippen LogP contribution in [0.3, 0.4) is 0 Å². The number of benzene rings is 2. The Kier molecular flexibility index (Phi) is 4.63. The Bertz CT molecular complexity index is 888. The smallest absolute Gasteiger partial charge is 0.264 e. The molecule has 138 valence electrons. The van der Waals surface area contributed by atoms with Gasteiger partial charge in [0.2, 0.25) is 0 Å². The molecule has 0 spiro atoms. The third kappa shape index (κ3) is 3.08. The molecule has 5 nitrogen and oxygen atoms in total. The second-order valence-corrected chi connectivity index (χ2v) is 8.60. The fraction of sp³-hybridized carbons (Fsp3) is 0.400. The third-order valence-electron chi connectivity index (χ3n) is 5.21. The molecule has 0 bridgehead atoms. The van der Waals surface area contributed by atoms with Crippen LogP contribution in [0, 0.1) is 0 Å². The Hall–Kier alpha value is -2.05. The standard InChI is InChI=1S/C20H24N2O3S/c1-2-16-3-6-19(7-4-16)26(23,24)22-10-9-17-15-18(5-8-20(17)22)21-11-13-25-14-12-21/h3-8,15H,2,9-14H2,1H3. The monoisotopic (exact) mass is 372 g/mol. The van der Waals surface area contributed by atoms with E-state index in [9.17, 15) is 8.42 Å². The van der Waals surface area contributed by atoms with Gasteiger partial charge in [-0.1, -0.05) is 19.1 Å². The highest BCUT2D eigenvalue weighted by atomic mass is 32.2. The van der Waals surface area contributed by atoms with Gasteiger partial charge in [-0.3, -0.25) is 4.31 Å². The Balaban J connectivity index is 1.62. The van der Waals surface area contributed by atoms with Crippen LogP contribution >= 0.6 is 0 Å². The number of hydrogen-bond acceptors (Lipinski definition) is 4. The van der Waals surface area contributed by atoms with E-state index in [-0.39, 0.29) is 0 Å².